The molecule has 2 rings (SSSR count). The van der Waals surface area contributed by atoms with Gasteiger partial charge in [-0.05, 0) is 43.9 Å². The van der Waals surface area contributed by atoms with Gasteiger partial charge in [-0.2, -0.15) is 15.3 Å². The van der Waals surface area contributed by atoms with Crippen molar-refractivity contribution in [1.82, 2.24) is 20.0 Å². The number of rotatable bonds is 5. The van der Waals surface area contributed by atoms with Crippen LogP contribution in [0.25, 0.3) is 0 Å². The number of hydrogen-bond acceptors (Lipinski definition) is 4. The van der Waals surface area contributed by atoms with Crippen molar-refractivity contribution in [2.75, 3.05) is 0 Å². The molecule has 0 saturated carbocycles. The van der Waals surface area contributed by atoms with E-state index in [1.54, 1.807) is 0 Å². The molecule has 102 valence electrons. The van der Waals surface area contributed by atoms with Crippen LogP contribution >= 0.6 is 0 Å². The fourth-order valence-electron chi connectivity index (χ4n) is 2.18. The largest absolute Gasteiger partial charge is 0.324 e. The van der Waals surface area contributed by atoms with Crippen LogP contribution in [0.2, 0.25) is 0 Å². The van der Waals surface area contributed by atoms with Crippen LogP contribution in [0.3, 0.4) is 0 Å². The normalized spacial score (nSPS) is 12.6. The van der Waals surface area contributed by atoms with Gasteiger partial charge >= 0.3 is 0 Å². The van der Waals surface area contributed by atoms with Crippen LogP contribution in [0.4, 0.5) is 0 Å². The molecule has 0 aliphatic rings. The van der Waals surface area contributed by atoms with Crippen LogP contribution in [0.15, 0.2) is 18.5 Å². The van der Waals surface area contributed by atoms with Crippen molar-refractivity contribution in [2.45, 2.75) is 46.2 Å². The van der Waals surface area contributed by atoms with E-state index in [9.17, 15) is 0 Å². The minimum absolute atomic E-state index is 0.0568. The first kappa shape index (κ1) is 13.7. The van der Waals surface area contributed by atoms with E-state index in [2.05, 4.69) is 29.1 Å². The summed E-state index contributed by atoms with van der Waals surface area (Å²) < 4.78 is 1.92. The Balaban J connectivity index is 2.19. The first-order chi connectivity index (χ1) is 9.13. The van der Waals surface area contributed by atoms with Gasteiger partial charge in [0.1, 0.15) is 0 Å². The van der Waals surface area contributed by atoms with Gasteiger partial charge in [-0.15, -0.1) is 0 Å². The van der Waals surface area contributed by atoms with Crippen LogP contribution < -0.4 is 5.73 Å². The maximum atomic E-state index is 6.32. The maximum absolute atomic E-state index is 6.32. The standard InChI is InChI=1S/C14H21N5/c1-4-14-12(6-10(3)17-18-14)13(15)7-11-8-16-19(5-2)9-11/h6,8-9,13H,4-5,7,15H2,1-3H3. The van der Waals surface area contributed by atoms with E-state index in [4.69, 9.17) is 5.73 Å². The van der Waals surface area contributed by atoms with Gasteiger partial charge in [0.05, 0.1) is 17.6 Å². The molecule has 5 nitrogen and oxygen atoms in total. The third-order valence-corrected chi connectivity index (χ3v) is 3.23. The van der Waals surface area contributed by atoms with Crippen molar-refractivity contribution in [3.05, 3.63) is 41.0 Å². The molecule has 2 aromatic heterocycles. The van der Waals surface area contributed by atoms with Gasteiger partial charge in [-0.1, -0.05) is 6.92 Å². The van der Waals surface area contributed by atoms with E-state index in [0.29, 0.717) is 0 Å². The fraction of sp³-hybridized carbons (Fsp3) is 0.500. The molecule has 0 saturated heterocycles. The summed E-state index contributed by atoms with van der Waals surface area (Å²) in [7, 11) is 0. The summed E-state index contributed by atoms with van der Waals surface area (Å²) in [4.78, 5) is 0. The summed E-state index contributed by atoms with van der Waals surface area (Å²) in [6.45, 7) is 6.97. The van der Waals surface area contributed by atoms with Crippen LogP contribution in [-0.2, 0) is 19.4 Å². The van der Waals surface area contributed by atoms with Gasteiger partial charge in [-0.3, -0.25) is 4.68 Å². The first-order valence-corrected chi connectivity index (χ1v) is 6.74. The third kappa shape index (κ3) is 3.17. The van der Waals surface area contributed by atoms with Gasteiger partial charge < -0.3 is 5.73 Å². The molecule has 2 heterocycles. The number of aromatic nitrogens is 4. The van der Waals surface area contributed by atoms with E-state index in [1.165, 1.54) is 0 Å². The van der Waals surface area contributed by atoms with Gasteiger partial charge in [-0.25, -0.2) is 0 Å². The lowest BCUT2D eigenvalue weighted by Crippen LogP contribution is -2.17. The highest BCUT2D eigenvalue weighted by atomic mass is 15.3. The maximum Gasteiger partial charge on any atom is 0.0676 e. The van der Waals surface area contributed by atoms with E-state index in [-0.39, 0.29) is 6.04 Å². The molecule has 0 amide bonds. The molecule has 2 aromatic rings. The molecule has 0 spiro atoms. The molecule has 2 N–H and O–H groups in total. The second-order valence-corrected chi connectivity index (χ2v) is 4.76. The van der Waals surface area contributed by atoms with Crippen molar-refractivity contribution < 1.29 is 0 Å². The average molecular weight is 259 g/mol. The molecule has 0 fully saturated rings. The Hall–Kier alpha value is -1.75. The van der Waals surface area contributed by atoms with Crippen LogP contribution in [-0.4, -0.2) is 20.0 Å². The molecule has 19 heavy (non-hydrogen) atoms. The Bertz CT molecular complexity index is 547. The fourth-order valence-corrected chi connectivity index (χ4v) is 2.18. The molecule has 0 aliphatic heterocycles. The molecular formula is C14H21N5. The molecule has 0 aromatic carbocycles. The van der Waals surface area contributed by atoms with Crippen molar-refractivity contribution in [3.63, 3.8) is 0 Å². The summed E-state index contributed by atoms with van der Waals surface area (Å²) >= 11 is 0. The third-order valence-electron chi connectivity index (χ3n) is 3.23. The molecule has 0 bridgehead atoms. The van der Waals surface area contributed by atoms with Gasteiger partial charge in [0, 0.05) is 18.8 Å². The predicted molar refractivity (Wildman–Crippen MR) is 74.7 cm³/mol. The zero-order valence-corrected chi connectivity index (χ0v) is 11.8. The molecule has 1 atom stereocenters. The second kappa shape index (κ2) is 5.93. The summed E-state index contributed by atoms with van der Waals surface area (Å²) in [5, 5.41) is 12.6. The minimum atomic E-state index is -0.0568. The molecule has 0 radical (unpaired) electrons. The second-order valence-electron chi connectivity index (χ2n) is 4.76. The van der Waals surface area contributed by atoms with Crippen molar-refractivity contribution >= 4 is 0 Å². The summed E-state index contributed by atoms with van der Waals surface area (Å²) in [6.07, 6.45) is 5.56. The van der Waals surface area contributed by atoms with Gasteiger partial charge in [0.2, 0.25) is 0 Å². The van der Waals surface area contributed by atoms with Crippen LogP contribution in [0.5, 0.6) is 0 Å². The molecule has 0 aliphatic carbocycles. The topological polar surface area (TPSA) is 69.6 Å². The SMILES string of the molecule is CCc1nnc(C)cc1C(N)Cc1cnn(CC)c1. The van der Waals surface area contributed by atoms with Crippen LogP contribution in [0.1, 0.15) is 42.4 Å². The van der Waals surface area contributed by atoms with Crippen molar-refractivity contribution in [1.29, 1.82) is 0 Å². The van der Waals surface area contributed by atoms with Crippen molar-refractivity contribution in [3.8, 4) is 0 Å². The molecular weight excluding hydrogens is 238 g/mol. The molecule has 1 unspecified atom stereocenters. The average Bonchev–Trinajstić information content (AvgIpc) is 2.86. The smallest absolute Gasteiger partial charge is 0.0676 e. The highest BCUT2D eigenvalue weighted by Crippen LogP contribution is 2.19. The summed E-state index contributed by atoms with van der Waals surface area (Å²) in [5.74, 6) is 0. The first-order valence-electron chi connectivity index (χ1n) is 6.74. The Morgan fingerprint density at radius 2 is 2.11 bits per heavy atom. The summed E-state index contributed by atoms with van der Waals surface area (Å²) in [5.41, 5.74) is 10.5. The lowest BCUT2D eigenvalue weighted by molar-refractivity contribution is 0.656. The van der Waals surface area contributed by atoms with E-state index in [1.807, 2.05) is 30.1 Å². The highest BCUT2D eigenvalue weighted by Gasteiger charge is 2.14. The quantitative estimate of drug-likeness (QED) is 0.889. The molecule has 5 heteroatoms. The van der Waals surface area contributed by atoms with E-state index in [0.717, 1.165) is 41.9 Å². The monoisotopic (exact) mass is 259 g/mol. The number of nitrogens with two attached hydrogens (primary N) is 1. The Morgan fingerprint density at radius 1 is 1.32 bits per heavy atom. The number of nitrogens with zero attached hydrogens (tertiary/aromatic N) is 4. The zero-order valence-electron chi connectivity index (χ0n) is 11.8. The minimum Gasteiger partial charge on any atom is -0.324 e. The van der Waals surface area contributed by atoms with Gasteiger partial charge in [0.15, 0.2) is 0 Å². The lowest BCUT2D eigenvalue weighted by atomic mass is 9.99. The Kier molecular flexibility index (Phi) is 4.27. The van der Waals surface area contributed by atoms with Crippen molar-refractivity contribution in [2.24, 2.45) is 5.73 Å². The van der Waals surface area contributed by atoms with E-state index >= 15 is 0 Å². The summed E-state index contributed by atoms with van der Waals surface area (Å²) in [6, 6.07) is 1.99. The Labute approximate surface area is 113 Å². The van der Waals surface area contributed by atoms with E-state index < -0.39 is 0 Å². The highest BCUT2D eigenvalue weighted by molar-refractivity contribution is 5.26. The Morgan fingerprint density at radius 3 is 2.74 bits per heavy atom. The number of hydrogen-bond donors (Lipinski definition) is 1. The van der Waals surface area contributed by atoms with Crippen LogP contribution in [0, 0.1) is 6.92 Å². The van der Waals surface area contributed by atoms with Gasteiger partial charge in [0.25, 0.3) is 0 Å². The number of aryl methyl sites for hydroxylation is 3. The predicted octanol–water partition coefficient (Wildman–Crippen LogP) is 1.81. The lowest BCUT2D eigenvalue weighted by Gasteiger charge is -2.14. The zero-order chi connectivity index (χ0) is 13.8.